The third kappa shape index (κ3) is 5.81. The third-order valence-corrected chi connectivity index (χ3v) is 5.14. The molecule has 3 aromatic heterocycles. The maximum atomic E-state index is 13.7. The molecule has 190 valence electrons. The van der Waals surface area contributed by atoms with E-state index in [-0.39, 0.29) is 11.3 Å². The van der Waals surface area contributed by atoms with Gasteiger partial charge in [0.05, 0.1) is 22.9 Å². The molecule has 1 amide bonds. The molecule has 0 saturated carbocycles. The molecule has 36 heavy (non-hydrogen) atoms. The molecule has 0 aliphatic heterocycles. The number of carbonyl (C=O) groups excluding carboxylic acids is 1. The first-order valence-electron chi connectivity index (χ1n) is 10.5. The van der Waals surface area contributed by atoms with Crippen LogP contribution in [0.15, 0.2) is 66.4 Å². The second-order valence-electron chi connectivity index (χ2n) is 7.83. The normalized spacial score (nSPS) is 13.9. The SMILES string of the molecule is C=C(/C=C\C(=C/C)C(F)(F)F)[C@H](NC(=O)c1cc2nc(C)cc(C)n2n1)c1ncccc1C(F)(F)F. The van der Waals surface area contributed by atoms with E-state index in [1.54, 1.807) is 19.9 Å². The van der Waals surface area contributed by atoms with Gasteiger partial charge < -0.3 is 5.32 Å². The molecule has 12 heteroatoms. The summed E-state index contributed by atoms with van der Waals surface area (Å²) in [5.74, 6) is -0.891. The smallest absolute Gasteiger partial charge is 0.338 e. The van der Waals surface area contributed by atoms with Gasteiger partial charge in [-0.2, -0.15) is 31.4 Å². The van der Waals surface area contributed by atoms with E-state index in [9.17, 15) is 31.1 Å². The quantitative estimate of drug-likeness (QED) is 0.334. The molecule has 0 saturated heterocycles. The minimum Gasteiger partial charge on any atom is -0.338 e. The first-order valence-corrected chi connectivity index (χ1v) is 10.5. The van der Waals surface area contributed by atoms with E-state index in [1.807, 2.05) is 0 Å². The molecule has 3 aromatic rings. The molecular formula is C24H21F6N5O. The van der Waals surface area contributed by atoms with Gasteiger partial charge >= 0.3 is 12.4 Å². The third-order valence-electron chi connectivity index (χ3n) is 5.14. The number of alkyl halides is 6. The van der Waals surface area contributed by atoms with Crippen molar-refractivity contribution in [2.24, 2.45) is 0 Å². The number of amides is 1. The van der Waals surface area contributed by atoms with Gasteiger partial charge in [-0.25, -0.2) is 9.50 Å². The predicted octanol–water partition coefficient (Wildman–Crippen LogP) is 5.85. The Morgan fingerprint density at radius 2 is 1.83 bits per heavy atom. The summed E-state index contributed by atoms with van der Waals surface area (Å²) < 4.78 is 81.8. The monoisotopic (exact) mass is 509 g/mol. The molecule has 3 rings (SSSR count). The van der Waals surface area contributed by atoms with Crippen LogP contribution in [-0.4, -0.2) is 31.7 Å². The van der Waals surface area contributed by atoms with E-state index in [2.05, 4.69) is 27.0 Å². The lowest BCUT2D eigenvalue weighted by Gasteiger charge is -2.22. The number of aromatic nitrogens is 4. The van der Waals surface area contributed by atoms with Crippen molar-refractivity contribution < 1.29 is 31.1 Å². The molecule has 6 nitrogen and oxygen atoms in total. The van der Waals surface area contributed by atoms with Gasteiger partial charge in [0.25, 0.3) is 5.91 Å². The average Bonchev–Trinajstić information content (AvgIpc) is 3.20. The van der Waals surface area contributed by atoms with Crippen LogP contribution in [0.1, 0.15) is 46.1 Å². The van der Waals surface area contributed by atoms with Gasteiger partial charge in [0.1, 0.15) is 0 Å². The fourth-order valence-electron chi connectivity index (χ4n) is 3.47. The molecule has 0 aromatic carbocycles. The van der Waals surface area contributed by atoms with Crippen LogP contribution >= 0.6 is 0 Å². The highest BCUT2D eigenvalue weighted by Crippen LogP contribution is 2.36. The van der Waals surface area contributed by atoms with Crippen LogP contribution in [0.5, 0.6) is 0 Å². The summed E-state index contributed by atoms with van der Waals surface area (Å²) in [5.41, 5.74) is -1.60. The van der Waals surface area contributed by atoms with Crippen molar-refractivity contribution in [2.45, 2.75) is 39.2 Å². The van der Waals surface area contributed by atoms with Crippen LogP contribution in [0.4, 0.5) is 26.3 Å². The minimum atomic E-state index is -4.85. The van der Waals surface area contributed by atoms with Gasteiger partial charge in [-0.1, -0.05) is 24.8 Å². The lowest BCUT2D eigenvalue weighted by molar-refractivity contribution is -0.138. The van der Waals surface area contributed by atoms with E-state index in [4.69, 9.17) is 0 Å². The number of hydrogen-bond acceptors (Lipinski definition) is 4. The Morgan fingerprint density at radius 3 is 2.44 bits per heavy atom. The second-order valence-corrected chi connectivity index (χ2v) is 7.83. The fourth-order valence-corrected chi connectivity index (χ4v) is 3.47. The van der Waals surface area contributed by atoms with Gasteiger partial charge in [-0.05, 0) is 44.5 Å². The number of carbonyl (C=O) groups is 1. The van der Waals surface area contributed by atoms with E-state index in [1.165, 1.54) is 10.6 Å². The number of halogens is 6. The first-order chi connectivity index (χ1) is 16.7. The molecule has 0 bridgehead atoms. The van der Waals surface area contributed by atoms with Gasteiger partial charge in [0.2, 0.25) is 0 Å². The Morgan fingerprint density at radius 1 is 1.14 bits per heavy atom. The van der Waals surface area contributed by atoms with Crippen LogP contribution in [0, 0.1) is 13.8 Å². The highest BCUT2D eigenvalue weighted by molar-refractivity contribution is 5.93. The molecule has 1 N–H and O–H groups in total. The number of rotatable bonds is 6. The second kappa shape index (κ2) is 9.96. The van der Waals surface area contributed by atoms with Crippen molar-refractivity contribution in [3.05, 3.63) is 94.8 Å². The van der Waals surface area contributed by atoms with Crippen molar-refractivity contribution in [2.75, 3.05) is 0 Å². The molecule has 0 aliphatic rings. The number of fused-ring (bicyclic) bond motifs is 1. The fraction of sp³-hybridized carbons (Fsp3) is 0.250. The maximum Gasteiger partial charge on any atom is 0.418 e. The Hall–Kier alpha value is -3.96. The van der Waals surface area contributed by atoms with Crippen LogP contribution < -0.4 is 5.32 Å². The number of pyridine rings is 1. The zero-order valence-electron chi connectivity index (χ0n) is 19.4. The topological polar surface area (TPSA) is 72.2 Å². The Balaban J connectivity index is 2.05. The van der Waals surface area contributed by atoms with Crippen molar-refractivity contribution in [3.8, 4) is 0 Å². The van der Waals surface area contributed by atoms with Gasteiger partial charge in [0, 0.05) is 23.7 Å². The standard InChI is InChI=1S/C24H21F6N5O/c1-5-16(23(25,26)27)9-8-13(2)20(21-17(24(28,29)30)7-6-10-31-21)33-22(36)18-12-19-32-14(3)11-15(4)35(19)34-18/h5-12,20H,2H2,1,3-4H3,(H,33,36)/b9-8-,16-5+/t20-/m0/s1. The summed E-state index contributed by atoms with van der Waals surface area (Å²) in [6, 6.07) is 3.27. The highest BCUT2D eigenvalue weighted by atomic mass is 19.4. The average molecular weight is 509 g/mol. The molecule has 0 spiro atoms. The first kappa shape index (κ1) is 26.6. The highest BCUT2D eigenvalue weighted by Gasteiger charge is 2.37. The summed E-state index contributed by atoms with van der Waals surface area (Å²) in [7, 11) is 0. The van der Waals surface area contributed by atoms with Crippen molar-refractivity contribution >= 4 is 11.6 Å². The number of allylic oxidation sites excluding steroid dienone is 3. The minimum absolute atomic E-state index is 0.160. The van der Waals surface area contributed by atoms with Gasteiger partial charge in [-0.3, -0.25) is 9.78 Å². The Kier molecular flexibility index (Phi) is 7.37. The number of nitrogens with one attached hydrogen (secondary N) is 1. The summed E-state index contributed by atoms with van der Waals surface area (Å²) >= 11 is 0. The molecule has 0 radical (unpaired) electrons. The van der Waals surface area contributed by atoms with Crippen LogP contribution in [0.25, 0.3) is 5.65 Å². The summed E-state index contributed by atoms with van der Waals surface area (Å²) in [4.78, 5) is 21.1. The Labute approximate surface area is 202 Å². The molecular weight excluding hydrogens is 488 g/mol. The van der Waals surface area contributed by atoms with E-state index in [0.29, 0.717) is 23.1 Å². The molecule has 3 heterocycles. The summed E-state index contributed by atoms with van der Waals surface area (Å²) in [5, 5.41) is 6.53. The number of nitrogens with zero attached hydrogens (tertiary/aromatic N) is 4. The lowest BCUT2D eigenvalue weighted by atomic mass is 9.98. The van der Waals surface area contributed by atoms with Crippen molar-refractivity contribution in [1.29, 1.82) is 0 Å². The van der Waals surface area contributed by atoms with Gasteiger partial charge in [-0.15, -0.1) is 0 Å². The van der Waals surface area contributed by atoms with Crippen molar-refractivity contribution in [3.63, 3.8) is 0 Å². The lowest BCUT2D eigenvalue weighted by Crippen LogP contribution is -2.32. The molecule has 0 aliphatic carbocycles. The molecule has 1 atom stereocenters. The van der Waals surface area contributed by atoms with Crippen molar-refractivity contribution in [1.82, 2.24) is 24.9 Å². The predicted molar refractivity (Wildman–Crippen MR) is 120 cm³/mol. The van der Waals surface area contributed by atoms with Crippen LogP contribution in [-0.2, 0) is 6.18 Å². The Bertz CT molecular complexity index is 1370. The largest absolute Gasteiger partial charge is 0.418 e. The zero-order valence-corrected chi connectivity index (χ0v) is 19.4. The summed E-state index contributed by atoms with van der Waals surface area (Å²) in [6.07, 6.45) is -6.10. The van der Waals surface area contributed by atoms with E-state index >= 15 is 0 Å². The number of hydrogen-bond donors (Lipinski definition) is 1. The maximum absolute atomic E-state index is 13.7. The molecule has 0 fully saturated rings. The van der Waals surface area contributed by atoms with Crippen LogP contribution in [0.2, 0.25) is 0 Å². The van der Waals surface area contributed by atoms with E-state index < -0.39 is 41.1 Å². The van der Waals surface area contributed by atoms with Gasteiger partial charge in [0.15, 0.2) is 11.3 Å². The summed E-state index contributed by atoms with van der Waals surface area (Å²) in [6.45, 7) is 8.25. The molecule has 0 unspecified atom stereocenters. The number of aryl methyl sites for hydroxylation is 2. The van der Waals surface area contributed by atoms with E-state index in [0.717, 1.165) is 37.4 Å². The van der Waals surface area contributed by atoms with Crippen LogP contribution in [0.3, 0.4) is 0 Å². The zero-order chi connectivity index (χ0) is 26.8.